The molecule has 0 aliphatic heterocycles. The first-order valence-electron chi connectivity index (χ1n) is 10.0. The molecule has 0 aromatic rings. The van der Waals surface area contributed by atoms with Gasteiger partial charge in [0.1, 0.15) is 0 Å². The first-order chi connectivity index (χ1) is 11.8. The quantitative estimate of drug-likeness (QED) is 0.429. The lowest BCUT2D eigenvalue weighted by Crippen LogP contribution is -2.43. The lowest BCUT2D eigenvalue weighted by molar-refractivity contribution is -0.116. The van der Waals surface area contributed by atoms with Gasteiger partial charge in [-0.2, -0.15) is 0 Å². The number of carbonyl (C=O) groups is 1. The van der Waals surface area contributed by atoms with Crippen molar-refractivity contribution in [3.8, 4) is 0 Å². The lowest BCUT2D eigenvalue weighted by atomic mass is 9.57. The van der Waals surface area contributed by atoms with Crippen molar-refractivity contribution >= 4 is 30.0 Å². The average Bonchev–Trinajstić information content (AvgIpc) is 2.95. The zero-order chi connectivity index (χ0) is 17.8. The number of hydrogen-bond donors (Lipinski definition) is 0. The molecule has 0 spiro atoms. The topological polar surface area (TPSA) is 26.3 Å². The maximum atomic E-state index is 12.3. The maximum absolute atomic E-state index is 12.3. The Morgan fingerprint density at radius 2 is 2.08 bits per heavy atom. The molecule has 0 amide bonds. The van der Waals surface area contributed by atoms with Crippen LogP contribution in [0.4, 0.5) is 0 Å². The summed E-state index contributed by atoms with van der Waals surface area (Å²) in [6, 6.07) is 0. The number of fused-ring (bicyclic) bond motifs is 4. The molecule has 4 aliphatic rings. The molecule has 0 N–H and O–H groups in total. The van der Waals surface area contributed by atoms with Crippen molar-refractivity contribution in [2.75, 3.05) is 4.95 Å². The molecule has 2 fully saturated rings. The molecule has 4 heteroatoms. The number of carbonyl (C=O) groups excluding carboxylic acids is 1. The van der Waals surface area contributed by atoms with Crippen molar-refractivity contribution in [2.45, 2.75) is 77.5 Å². The molecule has 0 heterocycles. The third kappa shape index (κ3) is 3.17. The summed E-state index contributed by atoms with van der Waals surface area (Å²) < 4.78 is 6.63. The van der Waals surface area contributed by atoms with E-state index in [4.69, 9.17) is 4.43 Å². The molecule has 0 radical (unpaired) electrons. The highest BCUT2D eigenvalue weighted by atomic mass is 79.9. The normalized spacial score (nSPS) is 38.2. The minimum absolute atomic E-state index is 0.0234. The molecular weight excluding hydrogens is 392 g/mol. The van der Waals surface area contributed by atoms with Gasteiger partial charge in [-0.1, -0.05) is 34.8 Å². The Bertz CT molecular complexity index is 650. The van der Waals surface area contributed by atoms with Gasteiger partial charge >= 0.3 is 0 Å². The zero-order valence-corrected chi connectivity index (χ0v) is 18.5. The molecule has 4 aliphatic carbocycles. The van der Waals surface area contributed by atoms with Gasteiger partial charge in [0.25, 0.3) is 0 Å². The van der Waals surface area contributed by atoms with Crippen molar-refractivity contribution in [1.82, 2.24) is 0 Å². The Morgan fingerprint density at radius 1 is 1.28 bits per heavy atom. The van der Waals surface area contributed by atoms with E-state index in [0.717, 1.165) is 23.2 Å². The third-order valence-electron chi connectivity index (χ3n) is 7.30. The standard InChI is InChI=1S/C21H31BrO2Si/c1-21-9-4-5-18(21)16-7-6-14-11-15(23)12-19(24-25(2,3)13-22)20(14)17(16)8-10-21/h11,16,18-19H,4-10,12-13H2,1-3H3/t16-,18+,19?,21+/m1/s1. The van der Waals surface area contributed by atoms with E-state index in [0.29, 0.717) is 11.8 Å². The van der Waals surface area contributed by atoms with Crippen LogP contribution < -0.4 is 0 Å². The van der Waals surface area contributed by atoms with Crippen molar-refractivity contribution in [2.24, 2.45) is 17.3 Å². The van der Waals surface area contributed by atoms with E-state index in [1.165, 1.54) is 49.7 Å². The van der Waals surface area contributed by atoms with Gasteiger partial charge in [-0.3, -0.25) is 4.79 Å². The van der Waals surface area contributed by atoms with Crippen LogP contribution >= 0.6 is 15.9 Å². The molecule has 4 atom stereocenters. The van der Waals surface area contributed by atoms with Crippen LogP contribution in [0.5, 0.6) is 0 Å². The number of halogens is 1. The Balaban J connectivity index is 1.73. The number of alkyl halides is 1. The number of hydrogen-bond acceptors (Lipinski definition) is 2. The number of ketones is 1. The summed E-state index contributed by atoms with van der Waals surface area (Å²) in [5.74, 6) is 1.88. The second kappa shape index (κ2) is 6.45. The fourth-order valence-electron chi connectivity index (χ4n) is 6.09. The summed E-state index contributed by atoms with van der Waals surface area (Å²) in [4.78, 5) is 13.2. The predicted molar refractivity (Wildman–Crippen MR) is 108 cm³/mol. The number of rotatable bonds is 3. The minimum Gasteiger partial charge on any atom is -0.409 e. The van der Waals surface area contributed by atoms with E-state index in [-0.39, 0.29) is 11.9 Å². The van der Waals surface area contributed by atoms with Crippen LogP contribution in [0.15, 0.2) is 22.8 Å². The Kier molecular flexibility index (Phi) is 4.69. The smallest absolute Gasteiger partial charge is 0.197 e. The van der Waals surface area contributed by atoms with Crippen molar-refractivity contribution < 1.29 is 9.22 Å². The van der Waals surface area contributed by atoms with Gasteiger partial charge in [0.15, 0.2) is 14.1 Å². The van der Waals surface area contributed by atoms with Crippen LogP contribution in [0.25, 0.3) is 0 Å². The summed E-state index contributed by atoms with van der Waals surface area (Å²) in [5, 5.41) is 0. The van der Waals surface area contributed by atoms with Gasteiger partial charge in [-0.25, -0.2) is 0 Å². The van der Waals surface area contributed by atoms with Gasteiger partial charge in [0.2, 0.25) is 0 Å². The third-order valence-corrected chi connectivity index (χ3v) is 12.9. The molecule has 25 heavy (non-hydrogen) atoms. The summed E-state index contributed by atoms with van der Waals surface area (Å²) in [6.07, 6.45) is 11.7. The predicted octanol–water partition coefficient (Wildman–Crippen LogP) is 5.72. The molecule has 0 aromatic carbocycles. The van der Waals surface area contributed by atoms with Gasteiger partial charge in [0, 0.05) is 11.4 Å². The van der Waals surface area contributed by atoms with E-state index < -0.39 is 8.32 Å². The monoisotopic (exact) mass is 422 g/mol. The summed E-state index contributed by atoms with van der Waals surface area (Å²) in [6.45, 7) is 7.05. The minimum atomic E-state index is -1.77. The highest BCUT2D eigenvalue weighted by Gasteiger charge is 2.50. The van der Waals surface area contributed by atoms with E-state index in [1.807, 2.05) is 6.08 Å². The van der Waals surface area contributed by atoms with Crippen molar-refractivity contribution in [1.29, 1.82) is 0 Å². The van der Waals surface area contributed by atoms with E-state index in [9.17, 15) is 4.79 Å². The highest BCUT2D eigenvalue weighted by Crippen LogP contribution is 2.60. The van der Waals surface area contributed by atoms with E-state index >= 15 is 0 Å². The van der Waals surface area contributed by atoms with Gasteiger partial charge in [-0.05, 0) is 86.1 Å². The molecular formula is C21H31BrO2Si. The molecule has 138 valence electrons. The molecule has 2 saturated carbocycles. The van der Waals surface area contributed by atoms with Crippen LogP contribution in [0.2, 0.25) is 13.1 Å². The number of allylic oxidation sites excluding steroid dienone is 2. The average molecular weight is 423 g/mol. The van der Waals surface area contributed by atoms with Crippen LogP contribution in [0.3, 0.4) is 0 Å². The lowest BCUT2D eigenvalue weighted by Gasteiger charge is -2.48. The second-order valence-corrected chi connectivity index (χ2v) is 15.3. The van der Waals surface area contributed by atoms with Gasteiger partial charge < -0.3 is 4.43 Å². The van der Waals surface area contributed by atoms with Gasteiger partial charge in [0.05, 0.1) is 6.10 Å². The van der Waals surface area contributed by atoms with Crippen LogP contribution in [0, 0.1) is 17.3 Å². The fourth-order valence-corrected chi connectivity index (χ4v) is 7.52. The summed E-state index contributed by atoms with van der Waals surface area (Å²) >= 11 is 3.63. The Morgan fingerprint density at radius 3 is 2.84 bits per heavy atom. The largest absolute Gasteiger partial charge is 0.409 e. The highest BCUT2D eigenvalue weighted by molar-refractivity contribution is 9.09. The SMILES string of the molecule is C[C@@]12CCC[C@H]1[C@@H]1CCC3=CC(=O)CC(O[Si](C)(C)CBr)C3=C1CC2. The molecule has 2 nitrogen and oxygen atoms in total. The molecule has 0 bridgehead atoms. The van der Waals surface area contributed by atoms with Crippen molar-refractivity contribution in [3.63, 3.8) is 0 Å². The maximum Gasteiger partial charge on any atom is 0.197 e. The first kappa shape index (κ1) is 18.2. The van der Waals surface area contributed by atoms with E-state index in [2.05, 4.69) is 35.9 Å². The van der Waals surface area contributed by atoms with Crippen LogP contribution in [-0.2, 0) is 9.22 Å². The van der Waals surface area contributed by atoms with E-state index in [1.54, 1.807) is 5.57 Å². The van der Waals surface area contributed by atoms with Crippen LogP contribution in [0.1, 0.15) is 58.3 Å². The summed E-state index contributed by atoms with van der Waals surface area (Å²) in [7, 11) is -1.77. The van der Waals surface area contributed by atoms with Crippen molar-refractivity contribution in [3.05, 3.63) is 22.8 Å². The second-order valence-electron chi connectivity index (χ2n) is 9.58. The molecule has 0 saturated heterocycles. The molecule has 0 aromatic heterocycles. The zero-order valence-electron chi connectivity index (χ0n) is 15.9. The first-order valence-corrected chi connectivity index (χ1v) is 14.3. The molecule has 4 rings (SSSR count). The summed E-state index contributed by atoms with van der Waals surface area (Å²) in [5.41, 5.74) is 5.03. The Labute approximate surface area is 161 Å². The molecule has 1 unspecified atom stereocenters. The van der Waals surface area contributed by atoms with Gasteiger partial charge in [-0.15, -0.1) is 0 Å². The van der Waals surface area contributed by atoms with Crippen LogP contribution in [-0.4, -0.2) is 25.2 Å². The fraction of sp³-hybridized carbons (Fsp3) is 0.762. The Hall–Kier alpha value is -0.193.